The van der Waals surface area contributed by atoms with Crippen LogP contribution in [-0.4, -0.2) is 29.3 Å². The molecule has 2 heterocycles. The van der Waals surface area contributed by atoms with Gasteiger partial charge < -0.3 is 14.8 Å². The number of carbonyl (C=O) groups excluding carboxylic acids is 1. The second kappa shape index (κ2) is 6.94. The molecule has 2 N–H and O–H groups in total. The number of nitrogens with one attached hydrogen (secondary N) is 2. The van der Waals surface area contributed by atoms with Crippen molar-refractivity contribution in [3.8, 4) is 5.75 Å². The lowest BCUT2D eigenvalue weighted by molar-refractivity contribution is -0.00697. The number of hydrogen-bond acceptors (Lipinski definition) is 4. The van der Waals surface area contributed by atoms with Gasteiger partial charge in [-0.15, -0.1) is 0 Å². The Hall–Kier alpha value is -1.86. The predicted octanol–water partition coefficient (Wildman–Crippen LogP) is 3.13. The molecule has 0 saturated carbocycles. The minimum atomic E-state index is -0.180. The SMILES string of the molecule is COc1ccc(CNC(=O)c2n[nH]c3c2C[C@H](C)O[C@@H]3C)cc1Br. The summed E-state index contributed by atoms with van der Waals surface area (Å²) in [6, 6.07) is 5.71. The molecule has 0 radical (unpaired) electrons. The van der Waals surface area contributed by atoms with E-state index < -0.39 is 0 Å². The Balaban J connectivity index is 1.71. The van der Waals surface area contributed by atoms with Crippen molar-refractivity contribution >= 4 is 21.8 Å². The Kier molecular flexibility index (Phi) is 4.91. The Morgan fingerprint density at radius 3 is 3.00 bits per heavy atom. The molecule has 0 spiro atoms. The quantitative estimate of drug-likeness (QED) is 0.836. The van der Waals surface area contributed by atoms with Gasteiger partial charge in [-0.2, -0.15) is 5.10 Å². The monoisotopic (exact) mass is 393 g/mol. The zero-order chi connectivity index (χ0) is 17.3. The lowest BCUT2D eigenvalue weighted by atomic mass is 9.99. The van der Waals surface area contributed by atoms with Gasteiger partial charge in [-0.3, -0.25) is 9.89 Å². The molecule has 0 bridgehead atoms. The van der Waals surface area contributed by atoms with E-state index >= 15 is 0 Å². The van der Waals surface area contributed by atoms with Gasteiger partial charge in [0, 0.05) is 18.5 Å². The van der Waals surface area contributed by atoms with E-state index in [1.165, 1.54) is 0 Å². The van der Waals surface area contributed by atoms with E-state index in [-0.39, 0.29) is 18.1 Å². The average Bonchev–Trinajstić information content (AvgIpc) is 2.97. The van der Waals surface area contributed by atoms with Gasteiger partial charge in [-0.25, -0.2) is 0 Å². The normalized spacial score (nSPS) is 19.7. The van der Waals surface area contributed by atoms with Crippen molar-refractivity contribution in [2.75, 3.05) is 7.11 Å². The number of ether oxygens (including phenoxy) is 2. The molecule has 24 heavy (non-hydrogen) atoms. The summed E-state index contributed by atoms with van der Waals surface area (Å²) in [4.78, 5) is 12.5. The highest BCUT2D eigenvalue weighted by atomic mass is 79.9. The van der Waals surface area contributed by atoms with Crippen molar-refractivity contribution in [1.29, 1.82) is 0 Å². The molecule has 7 heteroatoms. The number of halogens is 1. The molecular formula is C17H20BrN3O3. The Bertz CT molecular complexity index is 760. The lowest BCUT2D eigenvalue weighted by Gasteiger charge is -2.25. The summed E-state index contributed by atoms with van der Waals surface area (Å²) in [7, 11) is 1.62. The molecule has 1 aromatic carbocycles. The number of amides is 1. The van der Waals surface area contributed by atoms with Crippen LogP contribution in [0.15, 0.2) is 22.7 Å². The summed E-state index contributed by atoms with van der Waals surface area (Å²) in [5.74, 6) is 0.579. The standard InChI is InChI=1S/C17H20BrN3O3/c1-9-6-12-15(10(2)24-9)20-21-16(12)17(22)19-8-11-4-5-14(23-3)13(18)7-11/h4-5,7,9-10H,6,8H2,1-3H3,(H,19,22)(H,20,21)/t9-,10+/m0/s1. The van der Waals surface area contributed by atoms with E-state index in [9.17, 15) is 4.79 Å². The van der Waals surface area contributed by atoms with Crippen LogP contribution in [0.1, 0.15) is 47.3 Å². The van der Waals surface area contributed by atoms with Crippen LogP contribution in [0.25, 0.3) is 0 Å². The van der Waals surface area contributed by atoms with Crippen molar-refractivity contribution in [3.05, 3.63) is 45.2 Å². The molecule has 1 aliphatic heterocycles. The average molecular weight is 394 g/mol. The number of H-pyrrole nitrogens is 1. The zero-order valence-corrected chi connectivity index (χ0v) is 15.4. The van der Waals surface area contributed by atoms with Crippen molar-refractivity contribution in [3.63, 3.8) is 0 Å². The maximum Gasteiger partial charge on any atom is 0.272 e. The first-order valence-corrected chi connectivity index (χ1v) is 8.62. The summed E-state index contributed by atoms with van der Waals surface area (Å²) in [5.41, 5.74) is 3.28. The molecule has 0 saturated heterocycles. The fourth-order valence-corrected chi connectivity index (χ4v) is 3.54. The Morgan fingerprint density at radius 2 is 2.29 bits per heavy atom. The van der Waals surface area contributed by atoms with E-state index in [0.717, 1.165) is 27.0 Å². The largest absolute Gasteiger partial charge is 0.496 e. The molecule has 6 nitrogen and oxygen atoms in total. The van der Waals surface area contributed by atoms with Gasteiger partial charge >= 0.3 is 0 Å². The molecule has 2 aromatic rings. The summed E-state index contributed by atoms with van der Waals surface area (Å²) >= 11 is 3.45. The van der Waals surface area contributed by atoms with Gasteiger partial charge in [0.2, 0.25) is 0 Å². The number of methoxy groups -OCH3 is 1. The molecule has 128 valence electrons. The number of hydrogen-bond donors (Lipinski definition) is 2. The summed E-state index contributed by atoms with van der Waals surface area (Å²) in [5, 5.41) is 10.1. The second-order valence-corrected chi connectivity index (χ2v) is 6.76. The lowest BCUT2D eigenvalue weighted by Crippen LogP contribution is -2.27. The molecule has 0 aliphatic carbocycles. The smallest absolute Gasteiger partial charge is 0.272 e. The fraction of sp³-hybridized carbons (Fsp3) is 0.412. The van der Waals surface area contributed by atoms with E-state index in [2.05, 4.69) is 31.4 Å². The van der Waals surface area contributed by atoms with Crippen LogP contribution in [0, 0.1) is 0 Å². The Labute approximate surface area is 149 Å². The number of fused-ring (bicyclic) bond motifs is 1. The van der Waals surface area contributed by atoms with Crippen molar-refractivity contribution in [1.82, 2.24) is 15.5 Å². The third-order valence-corrected chi connectivity index (χ3v) is 4.74. The first-order valence-electron chi connectivity index (χ1n) is 7.82. The highest BCUT2D eigenvalue weighted by Crippen LogP contribution is 2.30. The van der Waals surface area contributed by atoms with Gasteiger partial charge in [0.25, 0.3) is 5.91 Å². The number of rotatable bonds is 4. The third-order valence-electron chi connectivity index (χ3n) is 4.12. The van der Waals surface area contributed by atoms with Crippen LogP contribution < -0.4 is 10.1 Å². The van der Waals surface area contributed by atoms with E-state index in [0.29, 0.717) is 18.7 Å². The first kappa shape index (κ1) is 17.0. The van der Waals surface area contributed by atoms with E-state index in [1.54, 1.807) is 7.11 Å². The molecule has 0 unspecified atom stereocenters. The van der Waals surface area contributed by atoms with Gasteiger partial charge in [-0.1, -0.05) is 6.07 Å². The van der Waals surface area contributed by atoms with Crippen LogP contribution in [-0.2, 0) is 17.7 Å². The van der Waals surface area contributed by atoms with E-state index in [4.69, 9.17) is 9.47 Å². The predicted molar refractivity (Wildman–Crippen MR) is 93.1 cm³/mol. The number of carbonyl (C=O) groups is 1. The van der Waals surface area contributed by atoms with Gasteiger partial charge in [0.15, 0.2) is 5.69 Å². The maximum absolute atomic E-state index is 12.5. The van der Waals surface area contributed by atoms with Crippen LogP contribution in [0.4, 0.5) is 0 Å². The fourth-order valence-electron chi connectivity index (χ4n) is 2.95. The highest BCUT2D eigenvalue weighted by molar-refractivity contribution is 9.10. The molecule has 1 aliphatic rings. The second-order valence-electron chi connectivity index (χ2n) is 5.91. The topological polar surface area (TPSA) is 76.2 Å². The van der Waals surface area contributed by atoms with Gasteiger partial charge in [-0.05, 0) is 47.5 Å². The summed E-state index contributed by atoms with van der Waals surface area (Å²) in [6.07, 6.45) is 0.692. The van der Waals surface area contributed by atoms with Crippen LogP contribution in [0.5, 0.6) is 5.75 Å². The highest BCUT2D eigenvalue weighted by Gasteiger charge is 2.29. The molecule has 2 atom stereocenters. The summed E-state index contributed by atoms with van der Waals surface area (Å²) < 4.78 is 11.8. The van der Waals surface area contributed by atoms with Crippen LogP contribution >= 0.6 is 15.9 Å². The minimum absolute atomic E-state index is 0.0738. The maximum atomic E-state index is 12.5. The molecule has 3 rings (SSSR count). The molecular weight excluding hydrogens is 374 g/mol. The van der Waals surface area contributed by atoms with Crippen molar-refractivity contribution in [2.45, 2.75) is 39.0 Å². The molecule has 0 fully saturated rings. The van der Waals surface area contributed by atoms with Crippen LogP contribution in [0.2, 0.25) is 0 Å². The minimum Gasteiger partial charge on any atom is -0.496 e. The van der Waals surface area contributed by atoms with Crippen molar-refractivity contribution < 1.29 is 14.3 Å². The zero-order valence-electron chi connectivity index (χ0n) is 13.9. The first-order chi connectivity index (χ1) is 11.5. The number of aromatic nitrogens is 2. The van der Waals surface area contributed by atoms with Gasteiger partial charge in [0.1, 0.15) is 5.75 Å². The number of nitrogens with zero attached hydrogens (tertiary/aromatic N) is 1. The Morgan fingerprint density at radius 1 is 1.50 bits per heavy atom. The van der Waals surface area contributed by atoms with E-state index in [1.807, 2.05) is 32.0 Å². The molecule has 1 aromatic heterocycles. The van der Waals surface area contributed by atoms with Gasteiger partial charge in [0.05, 0.1) is 29.5 Å². The third kappa shape index (κ3) is 3.32. The summed E-state index contributed by atoms with van der Waals surface area (Å²) in [6.45, 7) is 4.39. The number of benzene rings is 1. The van der Waals surface area contributed by atoms with Crippen molar-refractivity contribution in [2.24, 2.45) is 0 Å². The van der Waals surface area contributed by atoms with Crippen LogP contribution in [0.3, 0.4) is 0 Å². The molecule has 1 amide bonds. The number of aromatic amines is 1.